The van der Waals surface area contributed by atoms with Gasteiger partial charge in [-0.05, 0) is 35.9 Å². The van der Waals surface area contributed by atoms with Crippen LogP contribution in [-0.2, 0) is 0 Å². The molecule has 0 aliphatic carbocycles. The number of hydrogen-bond donors (Lipinski definition) is 0. The number of nitrogens with zero attached hydrogens (tertiary/aromatic N) is 3. The Balaban J connectivity index is 2.26. The van der Waals surface area contributed by atoms with E-state index in [9.17, 15) is 10.1 Å². The van der Waals surface area contributed by atoms with E-state index in [1.54, 1.807) is 36.5 Å². The molecule has 0 radical (unpaired) electrons. The van der Waals surface area contributed by atoms with Crippen LogP contribution in [0.25, 0.3) is 22.0 Å². The number of nitro benzene ring substituents is 1. The lowest BCUT2D eigenvalue weighted by molar-refractivity contribution is -0.383. The van der Waals surface area contributed by atoms with Crippen LogP contribution in [0.2, 0.25) is 0 Å². The van der Waals surface area contributed by atoms with Crippen molar-refractivity contribution >= 4 is 16.6 Å². The number of nitro groups is 1. The summed E-state index contributed by atoms with van der Waals surface area (Å²) in [4.78, 5) is 15.0. The van der Waals surface area contributed by atoms with Gasteiger partial charge in [-0.25, -0.2) is 0 Å². The van der Waals surface area contributed by atoms with Crippen molar-refractivity contribution in [2.75, 3.05) is 0 Å². The smallest absolute Gasteiger partial charge is 0.258 e. The molecule has 1 heterocycles. The molecule has 0 amide bonds. The van der Waals surface area contributed by atoms with Crippen molar-refractivity contribution in [1.82, 2.24) is 4.98 Å². The van der Waals surface area contributed by atoms with Gasteiger partial charge >= 0.3 is 0 Å². The molecule has 1 aromatic heterocycles. The van der Waals surface area contributed by atoms with Crippen LogP contribution in [0.3, 0.4) is 0 Å². The Morgan fingerprint density at radius 3 is 2.52 bits per heavy atom. The molecule has 0 aliphatic rings. The van der Waals surface area contributed by atoms with E-state index in [-0.39, 0.29) is 5.69 Å². The quantitative estimate of drug-likeness (QED) is 0.527. The van der Waals surface area contributed by atoms with E-state index >= 15 is 0 Å². The molecule has 5 nitrogen and oxygen atoms in total. The molecule has 0 unspecified atom stereocenters. The fraction of sp³-hybridized carbons (Fsp3) is 0. The van der Waals surface area contributed by atoms with E-state index in [2.05, 4.69) is 11.1 Å². The van der Waals surface area contributed by atoms with Gasteiger partial charge in [-0.15, -0.1) is 0 Å². The molecule has 0 saturated carbocycles. The fourth-order valence-corrected chi connectivity index (χ4v) is 2.27. The minimum absolute atomic E-state index is 0.0375. The molecule has 2 aromatic carbocycles. The maximum atomic E-state index is 11.1. The minimum Gasteiger partial charge on any atom is -0.258 e. The monoisotopic (exact) mass is 275 g/mol. The number of pyridine rings is 1. The lowest BCUT2D eigenvalue weighted by Gasteiger charge is -2.06. The summed E-state index contributed by atoms with van der Waals surface area (Å²) in [5.41, 5.74) is 2.86. The summed E-state index contributed by atoms with van der Waals surface area (Å²) in [6, 6.07) is 15.7. The highest BCUT2D eigenvalue weighted by Crippen LogP contribution is 2.32. The third-order valence-electron chi connectivity index (χ3n) is 3.27. The van der Waals surface area contributed by atoms with Crippen LogP contribution in [0.5, 0.6) is 0 Å². The SMILES string of the molecule is N#Cc1ccc(-c2ccc([N+](=O)[O-])c3cccnc23)cc1. The van der Waals surface area contributed by atoms with Crippen molar-refractivity contribution in [2.24, 2.45) is 0 Å². The summed E-state index contributed by atoms with van der Waals surface area (Å²) in [5.74, 6) is 0. The summed E-state index contributed by atoms with van der Waals surface area (Å²) in [6.45, 7) is 0. The Labute approximate surface area is 120 Å². The van der Waals surface area contributed by atoms with Gasteiger partial charge in [-0.3, -0.25) is 15.1 Å². The van der Waals surface area contributed by atoms with Gasteiger partial charge in [-0.2, -0.15) is 5.26 Å². The topological polar surface area (TPSA) is 79.8 Å². The number of fused-ring (bicyclic) bond motifs is 1. The molecule has 0 N–H and O–H groups in total. The van der Waals surface area contributed by atoms with Crippen LogP contribution >= 0.6 is 0 Å². The highest BCUT2D eigenvalue weighted by molar-refractivity contribution is 5.98. The Bertz CT molecular complexity index is 880. The first-order chi connectivity index (χ1) is 10.2. The molecule has 0 atom stereocenters. The van der Waals surface area contributed by atoms with Crippen molar-refractivity contribution < 1.29 is 4.92 Å². The first-order valence-electron chi connectivity index (χ1n) is 6.23. The lowest BCUT2D eigenvalue weighted by atomic mass is 10.00. The van der Waals surface area contributed by atoms with Crippen molar-refractivity contribution in [3.63, 3.8) is 0 Å². The molecule has 0 saturated heterocycles. The van der Waals surface area contributed by atoms with Crippen molar-refractivity contribution in [3.05, 3.63) is 70.4 Å². The third-order valence-corrected chi connectivity index (χ3v) is 3.27. The lowest BCUT2D eigenvalue weighted by Crippen LogP contribution is -1.92. The molecular formula is C16H9N3O2. The number of aromatic nitrogens is 1. The zero-order chi connectivity index (χ0) is 14.8. The van der Waals surface area contributed by atoms with Gasteiger partial charge in [0, 0.05) is 17.8 Å². The van der Waals surface area contributed by atoms with Gasteiger partial charge in [0.25, 0.3) is 5.69 Å². The Hall–Kier alpha value is -3.26. The molecule has 0 bridgehead atoms. The number of rotatable bonds is 2. The molecule has 3 rings (SSSR count). The highest BCUT2D eigenvalue weighted by Gasteiger charge is 2.15. The molecule has 5 heteroatoms. The Morgan fingerprint density at radius 1 is 1.10 bits per heavy atom. The van der Waals surface area contributed by atoms with Gasteiger partial charge in [0.15, 0.2) is 0 Å². The Morgan fingerprint density at radius 2 is 1.86 bits per heavy atom. The van der Waals surface area contributed by atoms with Gasteiger partial charge in [0.1, 0.15) is 0 Å². The van der Waals surface area contributed by atoms with E-state index < -0.39 is 4.92 Å². The van der Waals surface area contributed by atoms with Gasteiger partial charge in [0.05, 0.1) is 27.5 Å². The summed E-state index contributed by atoms with van der Waals surface area (Å²) < 4.78 is 0. The van der Waals surface area contributed by atoms with Crippen LogP contribution in [0.15, 0.2) is 54.7 Å². The molecule has 0 fully saturated rings. The standard InChI is InChI=1S/C16H9N3O2/c17-10-11-3-5-12(6-4-11)13-7-8-15(19(20)21)14-2-1-9-18-16(13)14/h1-9H. The zero-order valence-electron chi connectivity index (χ0n) is 10.9. The number of hydrogen-bond acceptors (Lipinski definition) is 4. The number of non-ortho nitro benzene ring substituents is 1. The summed E-state index contributed by atoms with van der Waals surface area (Å²) >= 11 is 0. The second-order valence-electron chi connectivity index (χ2n) is 4.48. The van der Waals surface area contributed by atoms with Crippen LogP contribution < -0.4 is 0 Å². The van der Waals surface area contributed by atoms with E-state index in [0.717, 1.165) is 11.1 Å². The van der Waals surface area contributed by atoms with Crippen LogP contribution in [0.1, 0.15) is 5.56 Å². The first kappa shape index (κ1) is 12.8. The highest BCUT2D eigenvalue weighted by atomic mass is 16.6. The number of benzene rings is 2. The van der Waals surface area contributed by atoms with Crippen molar-refractivity contribution in [2.45, 2.75) is 0 Å². The molecule has 0 aliphatic heterocycles. The zero-order valence-corrected chi connectivity index (χ0v) is 10.9. The second-order valence-corrected chi connectivity index (χ2v) is 4.48. The average Bonchev–Trinajstić information content (AvgIpc) is 2.54. The van der Waals surface area contributed by atoms with Gasteiger partial charge in [-0.1, -0.05) is 12.1 Å². The van der Waals surface area contributed by atoms with Gasteiger partial charge in [0.2, 0.25) is 0 Å². The summed E-state index contributed by atoms with van der Waals surface area (Å²) in [7, 11) is 0. The van der Waals surface area contributed by atoms with E-state index in [1.165, 1.54) is 6.07 Å². The van der Waals surface area contributed by atoms with Crippen molar-refractivity contribution in [1.29, 1.82) is 5.26 Å². The summed E-state index contributed by atoms with van der Waals surface area (Å²) in [6.07, 6.45) is 1.61. The first-order valence-corrected chi connectivity index (χ1v) is 6.23. The van der Waals surface area contributed by atoms with Crippen LogP contribution in [0, 0.1) is 21.4 Å². The minimum atomic E-state index is -0.410. The van der Waals surface area contributed by atoms with E-state index in [0.29, 0.717) is 16.5 Å². The maximum absolute atomic E-state index is 11.1. The average molecular weight is 275 g/mol. The summed E-state index contributed by atoms with van der Waals surface area (Å²) in [5, 5.41) is 20.4. The normalized spacial score (nSPS) is 10.2. The van der Waals surface area contributed by atoms with Crippen LogP contribution in [0.4, 0.5) is 5.69 Å². The largest absolute Gasteiger partial charge is 0.278 e. The van der Waals surface area contributed by atoms with Crippen LogP contribution in [-0.4, -0.2) is 9.91 Å². The predicted octanol–water partition coefficient (Wildman–Crippen LogP) is 3.68. The fourth-order valence-electron chi connectivity index (χ4n) is 2.27. The second kappa shape index (κ2) is 5.02. The molecule has 100 valence electrons. The molecular weight excluding hydrogens is 266 g/mol. The third kappa shape index (κ3) is 2.19. The van der Waals surface area contributed by atoms with Crippen molar-refractivity contribution in [3.8, 4) is 17.2 Å². The Kier molecular flexibility index (Phi) is 3.05. The van der Waals surface area contributed by atoms with E-state index in [1.807, 2.05) is 12.1 Å². The van der Waals surface area contributed by atoms with E-state index in [4.69, 9.17) is 5.26 Å². The molecule has 3 aromatic rings. The number of nitriles is 1. The maximum Gasteiger partial charge on any atom is 0.278 e. The molecule has 21 heavy (non-hydrogen) atoms. The van der Waals surface area contributed by atoms with Gasteiger partial charge < -0.3 is 0 Å². The predicted molar refractivity (Wildman–Crippen MR) is 78.5 cm³/mol. The molecule has 0 spiro atoms.